The zero-order valence-electron chi connectivity index (χ0n) is 18.3. The van der Waals surface area contributed by atoms with Gasteiger partial charge in [0.05, 0.1) is 11.5 Å². The van der Waals surface area contributed by atoms with Gasteiger partial charge < -0.3 is 25.2 Å². The molecule has 2 aliphatic rings. The average molecular weight is 523 g/mol. The average Bonchev–Trinajstić information content (AvgIpc) is 3.17. The highest BCUT2D eigenvalue weighted by Gasteiger charge is 2.42. The molecule has 2 N–H and O–H groups in total. The first-order valence-electron chi connectivity index (χ1n) is 10.4. The Hall–Kier alpha value is -1.10. The lowest BCUT2D eigenvalue weighted by molar-refractivity contribution is -0.138. The lowest BCUT2D eigenvalue weighted by atomic mass is 9.84. The number of carbonyl (C=O) groups excluding carboxylic acids is 2. The molecule has 2 rings (SSSR count). The molecule has 168 valence electrons. The lowest BCUT2D eigenvalue weighted by Gasteiger charge is -2.32. The van der Waals surface area contributed by atoms with Gasteiger partial charge in [-0.15, -0.1) is 24.0 Å². The number of nitrogens with one attached hydrogen (secondary N) is 2. The molecule has 0 aromatic carbocycles. The molecule has 8 nitrogen and oxygen atoms in total. The molecule has 1 aliphatic heterocycles. The fourth-order valence-corrected chi connectivity index (χ4v) is 3.89. The van der Waals surface area contributed by atoms with Gasteiger partial charge in [0, 0.05) is 47.9 Å². The maximum absolute atomic E-state index is 12.8. The fraction of sp³-hybridized carbons (Fsp3) is 0.850. The molecule has 1 saturated heterocycles. The number of rotatable bonds is 7. The highest BCUT2D eigenvalue weighted by molar-refractivity contribution is 14.0. The van der Waals surface area contributed by atoms with Crippen molar-refractivity contribution in [3.8, 4) is 0 Å². The van der Waals surface area contributed by atoms with Crippen molar-refractivity contribution in [3.05, 3.63) is 0 Å². The van der Waals surface area contributed by atoms with Crippen molar-refractivity contribution in [1.29, 1.82) is 0 Å². The van der Waals surface area contributed by atoms with Crippen molar-refractivity contribution in [2.24, 2.45) is 10.4 Å². The van der Waals surface area contributed by atoms with Gasteiger partial charge in [0.15, 0.2) is 5.96 Å². The van der Waals surface area contributed by atoms with Crippen LogP contribution in [0.25, 0.3) is 0 Å². The predicted octanol–water partition coefficient (Wildman–Crippen LogP) is 1.45. The molecule has 1 heterocycles. The van der Waals surface area contributed by atoms with Crippen LogP contribution >= 0.6 is 24.0 Å². The smallest absolute Gasteiger partial charge is 0.243 e. The zero-order valence-corrected chi connectivity index (χ0v) is 20.7. The van der Waals surface area contributed by atoms with Crippen LogP contribution in [0.5, 0.6) is 0 Å². The molecule has 1 aliphatic carbocycles. The van der Waals surface area contributed by atoms with Gasteiger partial charge in [-0.1, -0.05) is 12.8 Å². The monoisotopic (exact) mass is 523 g/mol. The van der Waals surface area contributed by atoms with E-state index >= 15 is 0 Å². The number of carbonyl (C=O) groups is 2. The van der Waals surface area contributed by atoms with E-state index in [1.165, 1.54) is 11.3 Å². The normalized spacial score (nSPS) is 21.1. The van der Waals surface area contributed by atoms with Crippen molar-refractivity contribution >= 4 is 41.8 Å². The van der Waals surface area contributed by atoms with E-state index in [1.54, 1.807) is 19.0 Å². The molecule has 1 atom stereocenters. The maximum atomic E-state index is 12.8. The first kappa shape index (κ1) is 25.9. The second kappa shape index (κ2) is 12.6. The number of aliphatic imine (C=N–C) groups is 1. The number of nitrogens with zero attached hydrogens (tertiary/aromatic N) is 3. The highest BCUT2D eigenvalue weighted by Crippen LogP contribution is 2.38. The molecule has 0 aromatic heterocycles. The van der Waals surface area contributed by atoms with Crippen LogP contribution in [-0.4, -0.2) is 88.1 Å². The van der Waals surface area contributed by atoms with E-state index in [0.29, 0.717) is 19.0 Å². The number of ether oxygens (including phenoxy) is 1. The Kier molecular flexibility index (Phi) is 11.2. The van der Waals surface area contributed by atoms with Crippen LogP contribution in [0.1, 0.15) is 44.9 Å². The summed E-state index contributed by atoms with van der Waals surface area (Å²) >= 11 is 0. The summed E-state index contributed by atoms with van der Waals surface area (Å²) in [4.78, 5) is 32.4. The lowest BCUT2D eigenvalue weighted by Crippen LogP contribution is -2.50. The van der Waals surface area contributed by atoms with E-state index in [4.69, 9.17) is 4.74 Å². The minimum atomic E-state index is -0.390. The van der Waals surface area contributed by atoms with Crippen LogP contribution in [-0.2, 0) is 14.3 Å². The summed E-state index contributed by atoms with van der Waals surface area (Å²) in [7, 11) is 7.06. The minimum absolute atomic E-state index is 0. The number of guanidine groups is 1. The van der Waals surface area contributed by atoms with Gasteiger partial charge in [0.25, 0.3) is 0 Å². The second-order valence-corrected chi connectivity index (χ2v) is 8.36. The first-order chi connectivity index (χ1) is 13.3. The molecule has 1 saturated carbocycles. The van der Waals surface area contributed by atoms with Crippen LogP contribution in [0, 0.1) is 5.41 Å². The Morgan fingerprint density at radius 2 is 1.72 bits per heavy atom. The van der Waals surface area contributed by atoms with Crippen molar-refractivity contribution in [1.82, 2.24) is 20.4 Å². The van der Waals surface area contributed by atoms with Crippen molar-refractivity contribution in [2.45, 2.75) is 51.0 Å². The van der Waals surface area contributed by atoms with Crippen LogP contribution < -0.4 is 10.6 Å². The Morgan fingerprint density at radius 3 is 2.28 bits per heavy atom. The standard InChI is InChI=1S/C20H37N5O3.HI/c1-24(2)17(26)14-22-19(21-13-16-9-5-8-12-28-16)23-15-20(10-6-7-11-20)18(27)25(3)4;/h16H,5-15H2,1-4H3,(H2,21,22,23);1H. The molecule has 29 heavy (non-hydrogen) atoms. The molecule has 0 radical (unpaired) electrons. The summed E-state index contributed by atoms with van der Waals surface area (Å²) in [5.41, 5.74) is -0.390. The van der Waals surface area contributed by atoms with E-state index in [1.807, 2.05) is 14.1 Å². The Labute approximate surface area is 192 Å². The SMILES string of the molecule is CN(C)C(=O)CN=C(NCC1CCCCO1)NCC1(C(=O)N(C)C)CCCC1.I. The van der Waals surface area contributed by atoms with Crippen molar-refractivity contribution in [3.63, 3.8) is 0 Å². The fourth-order valence-electron chi connectivity index (χ4n) is 3.89. The van der Waals surface area contributed by atoms with Crippen LogP contribution in [0.15, 0.2) is 4.99 Å². The molecular formula is C20H38IN5O3. The summed E-state index contributed by atoms with van der Waals surface area (Å²) in [6, 6.07) is 0. The molecule has 0 aromatic rings. The summed E-state index contributed by atoms with van der Waals surface area (Å²) in [6.07, 6.45) is 7.37. The highest BCUT2D eigenvalue weighted by atomic mass is 127. The molecule has 0 spiro atoms. The molecule has 0 bridgehead atoms. The van der Waals surface area contributed by atoms with E-state index in [0.717, 1.165) is 45.1 Å². The number of likely N-dealkylation sites (N-methyl/N-ethyl adjacent to an activating group) is 1. The summed E-state index contributed by atoms with van der Waals surface area (Å²) < 4.78 is 5.78. The molecule has 2 fully saturated rings. The van der Waals surface area contributed by atoms with Crippen molar-refractivity contribution < 1.29 is 14.3 Å². The number of halogens is 1. The number of amides is 2. The van der Waals surface area contributed by atoms with Gasteiger partial charge in [-0.25, -0.2) is 4.99 Å². The van der Waals surface area contributed by atoms with E-state index < -0.39 is 5.41 Å². The number of hydrogen-bond acceptors (Lipinski definition) is 4. The van der Waals surface area contributed by atoms with E-state index in [-0.39, 0.29) is 48.4 Å². The van der Waals surface area contributed by atoms with Gasteiger partial charge >= 0.3 is 0 Å². The van der Waals surface area contributed by atoms with Crippen LogP contribution in [0.3, 0.4) is 0 Å². The molecule has 1 unspecified atom stereocenters. The third kappa shape index (κ3) is 7.92. The minimum Gasteiger partial charge on any atom is -0.376 e. The van der Waals surface area contributed by atoms with Crippen molar-refractivity contribution in [2.75, 3.05) is 54.4 Å². The van der Waals surface area contributed by atoms with E-state index in [2.05, 4.69) is 15.6 Å². The van der Waals surface area contributed by atoms with Gasteiger partial charge in [-0.3, -0.25) is 9.59 Å². The van der Waals surface area contributed by atoms with Gasteiger partial charge in [-0.05, 0) is 32.1 Å². The second-order valence-electron chi connectivity index (χ2n) is 8.36. The zero-order chi connectivity index (χ0) is 20.6. The quantitative estimate of drug-likeness (QED) is 0.300. The molecular weight excluding hydrogens is 485 g/mol. The first-order valence-corrected chi connectivity index (χ1v) is 10.4. The summed E-state index contributed by atoms with van der Waals surface area (Å²) in [5.74, 6) is 0.675. The topological polar surface area (TPSA) is 86.3 Å². The summed E-state index contributed by atoms with van der Waals surface area (Å²) in [5, 5.41) is 6.65. The third-order valence-electron chi connectivity index (χ3n) is 5.66. The largest absolute Gasteiger partial charge is 0.376 e. The predicted molar refractivity (Wildman–Crippen MR) is 126 cm³/mol. The Morgan fingerprint density at radius 1 is 1.03 bits per heavy atom. The van der Waals surface area contributed by atoms with E-state index in [9.17, 15) is 9.59 Å². The van der Waals surface area contributed by atoms with Gasteiger partial charge in [0.1, 0.15) is 6.54 Å². The molecule has 9 heteroatoms. The van der Waals surface area contributed by atoms with Crippen LogP contribution in [0.2, 0.25) is 0 Å². The number of hydrogen-bond donors (Lipinski definition) is 2. The van der Waals surface area contributed by atoms with Crippen LogP contribution in [0.4, 0.5) is 0 Å². The van der Waals surface area contributed by atoms with Gasteiger partial charge in [0.2, 0.25) is 11.8 Å². The third-order valence-corrected chi connectivity index (χ3v) is 5.66. The Balaban J connectivity index is 0.00000420. The maximum Gasteiger partial charge on any atom is 0.243 e. The van der Waals surface area contributed by atoms with Gasteiger partial charge in [-0.2, -0.15) is 0 Å². The Bertz CT molecular complexity index is 556. The molecule has 2 amide bonds. The summed E-state index contributed by atoms with van der Waals surface area (Å²) in [6.45, 7) is 2.04.